The zero-order chi connectivity index (χ0) is 21.3. The summed E-state index contributed by atoms with van der Waals surface area (Å²) in [7, 11) is 1.63. The lowest BCUT2D eigenvalue weighted by atomic mass is 10.1. The SMILES string of the molecule is CCNC(=NCCc1c[nH]c2ccc(F)cc12)NCCc1cccc(C(=O)NC)c1. The normalized spacial score (nSPS) is 11.5. The predicted octanol–water partition coefficient (Wildman–Crippen LogP) is 3.01. The molecular weight excluding hydrogens is 381 g/mol. The van der Waals surface area contributed by atoms with E-state index in [0.717, 1.165) is 41.0 Å². The highest BCUT2D eigenvalue weighted by molar-refractivity contribution is 5.94. The second-order valence-corrected chi connectivity index (χ2v) is 6.97. The molecule has 1 aromatic heterocycles. The molecule has 0 unspecified atom stereocenters. The molecule has 0 saturated carbocycles. The molecule has 1 heterocycles. The van der Waals surface area contributed by atoms with Gasteiger partial charge in [0.1, 0.15) is 5.82 Å². The van der Waals surface area contributed by atoms with Gasteiger partial charge in [0, 0.05) is 49.3 Å². The van der Waals surface area contributed by atoms with Crippen LogP contribution in [0.1, 0.15) is 28.4 Å². The summed E-state index contributed by atoms with van der Waals surface area (Å²) in [5.74, 6) is 0.421. The number of amides is 1. The molecule has 0 spiro atoms. The first-order valence-electron chi connectivity index (χ1n) is 10.2. The number of aliphatic imine (C=N–C) groups is 1. The summed E-state index contributed by atoms with van der Waals surface area (Å²) in [6.45, 7) is 4.06. The van der Waals surface area contributed by atoms with Gasteiger partial charge in [-0.3, -0.25) is 9.79 Å². The fraction of sp³-hybridized carbons (Fsp3) is 0.304. The first-order valence-corrected chi connectivity index (χ1v) is 10.2. The number of guanidine groups is 1. The van der Waals surface area contributed by atoms with Gasteiger partial charge in [-0.25, -0.2) is 4.39 Å². The third kappa shape index (κ3) is 5.59. The smallest absolute Gasteiger partial charge is 0.251 e. The van der Waals surface area contributed by atoms with Crippen molar-refractivity contribution < 1.29 is 9.18 Å². The highest BCUT2D eigenvalue weighted by Crippen LogP contribution is 2.19. The minimum absolute atomic E-state index is 0.0862. The molecular formula is C23H28FN5O. The molecule has 3 rings (SSSR count). The Morgan fingerprint density at radius 1 is 1.13 bits per heavy atom. The Labute approximate surface area is 176 Å². The van der Waals surface area contributed by atoms with Crippen molar-refractivity contribution in [3.63, 3.8) is 0 Å². The Hall–Kier alpha value is -3.35. The van der Waals surface area contributed by atoms with E-state index in [4.69, 9.17) is 0 Å². The van der Waals surface area contributed by atoms with Gasteiger partial charge >= 0.3 is 0 Å². The highest BCUT2D eigenvalue weighted by atomic mass is 19.1. The number of aromatic amines is 1. The van der Waals surface area contributed by atoms with Crippen LogP contribution in [0, 0.1) is 5.82 Å². The molecule has 0 aliphatic rings. The molecule has 3 aromatic rings. The fourth-order valence-corrected chi connectivity index (χ4v) is 3.33. The number of H-pyrrole nitrogens is 1. The van der Waals surface area contributed by atoms with Crippen molar-refractivity contribution in [2.75, 3.05) is 26.7 Å². The monoisotopic (exact) mass is 409 g/mol. The first-order chi connectivity index (χ1) is 14.6. The number of carbonyl (C=O) groups is 1. The quantitative estimate of drug-likeness (QED) is 0.341. The Kier molecular flexibility index (Phi) is 7.43. The molecule has 4 N–H and O–H groups in total. The van der Waals surface area contributed by atoms with Gasteiger partial charge in [0.2, 0.25) is 0 Å². The van der Waals surface area contributed by atoms with Crippen LogP contribution >= 0.6 is 0 Å². The molecule has 0 saturated heterocycles. The number of hydrogen-bond donors (Lipinski definition) is 4. The molecule has 0 radical (unpaired) electrons. The summed E-state index contributed by atoms with van der Waals surface area (Å²) in [6, 6.07) is 12.4. The van der Waals surface area contributed by atoms with Crippen LogP contribution in [-0.2, 0) is 12.8 Å². The second-order valence-electron chi connectivity index (χ2n) is 6.97. The van der Waals surface area contributed by atoms with Crippen LogP contribution in [0.4, 0.5) is 4.39 Å². The summed E-state index contributed by atoms with van der Waals surface area (Å²) in [4.78, 5) is 19.6. The van der Waals surface area contributed by atoms with Crippen LogP contribution in [0.15, 0.2) is 53.7 Å². The Balaban J connectivity index is 1.55. The van der Waals surface area contributed by atoms with Gasteiger partial charge in [-0.05, 0) is 61.2 Å². The predicted molar refractivity (Wildman–Crippen MR) is 119 cm³/mol. The average Bonchev–Trinajstić information content (AvgIpc) is 3.15. The van der Waals surface area contributed by atoms with Crippen LogP contribution in [0.5, 0.6) is 0 Å². The number of carbonyl (C=O) groups excluding carboxylic acids is 1. The maximum atomic E-state index is 13.5. The van der Waals surface area contributed by atoms with Gasteiger partial charge in [-0.2, -0.15) is 0 Å². The molecule has 0 atom stereocenters. The first kappa shape index (κ1) is 21.4. The van der Waals surface area contributed by atoms with Crippen molar-refractivity contribution in [2.45, 2.75) is 19.8 Å². The Morgan fingerprint density at radius 3 is 2.80 bits per heavy atom. The third-order valence-electron chi connectivity index (χ3n) is 4.85. The van der Waals surface area contributed by atoms with E-state index in [9.17, 15) is 9.18 Å². The number of fused-ring (bicyclic) bond motifs is 1. The molecule has 0 bridgehead atoms. The molecule has 6 nitrogen and oxygen atoms in total. The van der Waals surface area contributed by atoms with E-state index >= 15 is 0 Å². The zero-order valence-electron chi connectivity index (χ0n) is 17.4. The summed E-state index contributed by atoms with van der Waals surface area (Å²) in [6.07, 6.45) is 3.41. The fourth-order valence-electron chi connectivity index (χ4n) is 3.33. The van der Waals surface area contributed by atoms with Gasteiger partial charge in [-0.1, -0.05) is 12.1 Å². The van der Waals surface area contributed by atoms with E-state index < -0.39 is 0 Å². The van der Waals surface area contributed by atoms with Crippen LogP contribution in [0.3, 0.4) is 0 Å². The van der Waals surface area contributed by atoms with Gasteiger partial charge < -0.3 is 20.9 Å². The molecule has 7 heteroatoms. The lowest BCUT2D eigenvalue weighted by molar-refractivity contribution is 0.0963. The number of nitrogens with zero attached hydrogens (tertiary/aromatic N) is 1. The highest BCUT2D eigenvalue weighted by Gasteiger charge is 2.06. The zero-order valence-corrected chi connectivity index (χ0v) is 17.4. The second kappa shape index (κ2) is 10.4. The molecule has 1 amide bonds. The number of benzene rings is 2. The minimum atomic E-state index is -0.234. The van der Waals surface area contributed by atoms with E-state index in [1.54, 1.807) is 25.2 Å². The summed E-state index contributed by atoms with van der Waals surface area (Å²) < 4.78 is 13.5. The number of halogens is 1. The minimum Gasteiger partial charge on any atom is -0.361 e. The van der Waals surface area contributed by atoms with Gasteiger partial charge in [0.25, 0.3) is 5.91 Å². The lowest BCUT2D eigenvalue weighted by Gasteiger charge is -2.11. The topological polar surface area (TPSA) is 81.3 Å². The lowest BCUT2D eigenvalue weighted by Crippen LogP contribution is -2.38. The van der Waals surface area contributed by atoms with E-state index in [1.165, 1.54) is 6.07 Å². The van der Waals surface area contributed by atoms with E-state index in [1.807, 2.05) is 31.3 Å². The standard InChI is InChI=1S/C23H28FN5O/c1-3-26-23(27-11-9-16-5-4-6-17(13-16)22(30)25-2)28-12-10-18-15-29-21-8-7-19(24)14-20(18)21/h4-8,13-15,29H,3,9-12H2,1-2H3,(H,25,30)(H2,26,27,28). The molecule has 0 aliphatic carbocycles. The van der Waals surface area contributed by atoms with Crippen LogP contribution in [0.2, 0.25) is 0 Å². The van der Waals surface area contributed by atoms with Crippen molar-refractivity contribution in [1.29, 1.82) is 0 Å². The van der Waals surface area contributed by atoms with Gasteiger partial charge in [-0.15, -0.1) is 0 Å². The molecule has 0 aliphatic heterocycles. The van der Waals surface area contributed by atoms with E-state index in [-0.39, 0.29) is 11.7 Å². The summed E-state index contributed by atoms with van der Waals surface area (Å²) in [5, 5.41) is 10.1. The van der Waals surface area contributed by atoms with Crippen molar-refractivity contribution in [1.82, 2.24) is 20.9 Å². The molecule has 158 valence electrons. The Bertz CT molecular complexity index is 1030. The third-order valence-corrected chi connectivity index (χ3v) is 4.85. The summed E-state index contributed by atoms with van der Waals surface area (Å²) >= 11 is 0. The molecule has 2 aromatic carbocycles. The Morgan fingerprint density at radius 2 is 2.00 bits per heavy atom. The number of nitrogens with one attached hydrogen (secondary N) is 4. The van der Waals surface area contributed by atoms with Gasteiger partial charge in [0.15, 0.2) is 5.96 Å². The molecule has 0 fully saturated rings. The van der Waals surface area contributed by atoms with E-state index in [2.05, 4.69) is 25.9 Å². The van der Waals surface area contributed by atoms with Crippen LogP contribution < -0.4 is 16.0 Å². The average molecular weight is 410 g/mol. The maximum Gasteiger partial charge on any atom is 0.251 e. The van der Waals surface area contributed by atoms with Crippen LogP contribution in [0.25, 0.3) is 10.9 Å². The van der Waals surface area contributed by atoms with Crippen molar-refractivity contribution in [3.8, 4) is 0 Å². The van der Waals surface area contributed by atoms with Crippen molar-refractivity contribution >= 4 is 22.8 Å². The van der Waals surface area contributed by atoms with Crippen molar-refractivity contribution in [2.24, 2.45) is 4.99 Å². The van der Waals surface area contributed by atoms with Gasteiger partial charge in [0.05, 0.1) is 0 Å². The summed E-state index contributed by atoms with van der Waals surface area (Å²) in [5.41, 5.74) is 3.72. The van der Waals surface area contributed by atoms with E-state index in [0.29, 0.717) is 25.1 Å². The van der Waals surface area contributed by atoms with Crippen LogP contribution in [-0.4, -0.2) is 43.5 Å². The number of hydrogen-bond acceptors (Lipinski definition) is 2. The maximum absolute atomic E-state index is 13.5. The number of aromatic nitrogens is 1. The largest absolute Gasteiger partial charge is 0.361 e. The number of rotatable bonds is 8. The molecule has 30 heavy (non-hydrogen) atoms. The van der Waals surface area contributed by atoms with Crippen molar-refractivity contribution in [3.05, 3.63) is 71.2 Å².